The molecule has 5 amide bonds. The van der Waals surface area contributed by atoms with Gasteiger partial charge in [-0.1, -0.05) is 53.1 Å². The van der Waals surface area contributed by atoms with Crippen molar-refractivity contribution >= 4 is 58.6 Å². The molecule has 14 heteroatoms. The van der Waals surface area contributed by atoms with E-state index in [-0.39, 0.29) is 35.1 Å². The third-order valence-electron chi connectivity index (χ3n) is 10.5. The van der Waals surface area contributed by atoms with E-state index in [1.54, 1.807) is 42.5 Å². The molecule has 3 aromatic carbocycles. The van der Waals surface area contributed by atoms with Gasteiger partial charge in [0.2, 0.25) is 11.8 Å². The summed E-state index contributed by atoms with van der Waals surface area (Å²) in [6.07, 6.45) is 0.832. The number of amides is 5. The van der Waals surface area contributed by atoms with Crippen LogP contribution >= 0.6 is 23.2 Å². The number of halogens is 2. The zero-order valence-corrected chi connectivity index (χ0v) is 28.5. The number of nitrogens with zero attached hydrogens (tertiary/aromatic N) is 2. The van der Waals surface area contributed by atoms with Crippen LogP contribution in [0, 0.1) is 23.7 Å². The van der Waals surface area contributed by atoms with Crippen molar-refractivity contribution in [2.75, 3.05) is 26.8 Å². The number of phenolic OH excluding ortho intramolecular Hbond substituents is 1. The first-order valence-electron chi connectivity index (χ1n) is 15.7. The molecule has 0 spiro atoms. The first-order valence-corrected chi connectivity index (χ1v) is 16.5. The van der Waals surface area contributed by atoms with Crippen molar-refractivity contribution in [3.8, 4) is 17.2 Å². The minimum absolute atomic E-state index is 0.0128. The summed E-state index contributed by atoms with van der Waals surface area (Å²) in [6.45, 7) is 0. The number of hydrazine groups is 1. The number of allylic oxidation sites excluding steroid dienone is 2. The third kappa shape index (κ3) is 4.76. The normalized spacial score (nSPS) is 27.0. The molecule has 0 unspecified atom stereocenters. The molecule has 2 aliphatic carbocycles. The van der Waals surface area contributed by atoms with Gasteiger partial charge in [0.15, 0.2) is 0 Å². The Bertz CT molecular complexity index is 2000. The fraction of sp³-hybridized carbons (Fsp3) is 0.306. The van der Waals surface area contributed by atoms with Crippen LogP contribution in [-0.2, 0) is 29.3 Å². The fourth-order valence-electron chi connectivity index (χ4n) is 8.40. The molecular formula is C36H31Cl2N3O9. The Labute approximate surface area is 296 Å². The van der Waals surface area contributed by atoms with Gasteiger partial charge in [0.05, 0.1) is 55.2 Å². The van der Waals surface area contributed by atoms with E-state index in [4.69, 9.17) is 37.4 Å². The predicted octanol–water partition coefficient (Wildman–Crippen LogP) is 5.47. The van der Waals surface area contributed by atoms with Crippen LogP contribution in [0.4, 0.5) is 10.5 Å². The Morgan fingerprint density at radius 1 is 0.900 bits per heavy atom. The Morgan fingerprint density at radius 2 is 1.64 bits per heavy atom. The molecule has 3 aromatic rings. The maximum Gasteiger partial charge on any atom is 0.423 e. The number of benzene rings is 3. The van der Waals surface area contributed by atoms with Gasteiger partial charge in [0.1, 0.15) is 17.2 Å². The summed E-state index contributed by atoms with van der Waals surface area (Å²) in [4.78, 5) is 70.7. The van der Waals surface area contributed by atoms with E-state index in [9.17, 15) is 24.3 Å². The van der Waals surface area contributed by atoms with Gasteiger partial charge in [0, 0.05) is 22.6 Å². The smallest absolute Gasteiger partial charge is 0.423 e. The molecule has 12 nitrogen and oxygen atoms in total. The number of anilines is 1. The largest absolute Gasteiger partial charge is 0.508 e. The average Bonchev–Trinajstić information content (AvgIpc) is 3.49. The number of hydrogen-bond donors (Lipinski definition) is 2. The molecule has 50 heavy (non-hydrogen) atoms. The summed E-state index contributed by atoms with van der Waals surface area (Å²) in [5.74, 6) is -6.60. The minimum Gasteiger partial charge on any atom is -0.508 e. The quantitative estimate of drug-likeness (QED) is 0.248. The maximum absolute atomic E-state index is 15.3. The number of aromatic hydroxyl groups is 1. The van der Waals surface area contributed by atoms with Gasteiger partial charge in [0.25, 0.3) is 11.8 Å². The Morgan fingerprint density at radius 3 is 2.30 bits per heavy atom. The molecule has 7 rings (SSSR count). The molecule has 6 atom stereocenters. The standard InChI is InChI=1S/C36H31Cl2N3O9/c1-48-20-8-4-17(5-9-20)36-25(32(44)41(34(36)46)39-27-13-6-18(37)14-26(27)38)16-24-21(30(36)22-10-7-19(42)15-28(22)49-2)11-12-23-29(24)33(45)40(31(23)43)35(47)50-3/h4-11,13-15,23-25,29-30,39,42H,12,16H2,1-3H3/t23-,24+,25-,29-,30+,36+/m0/s1. The third-order valence-corrected chi connectivity index (χ3v) is 11.0. The van der Waals surface area contributed by atoms with Crippen molar-refractivity contribution in [2.24, 2.45) is 23.7 Å². The van der Waals surface area contributed by atoms with Gasteiger partial charge >= 0.3 is 6.09 Å². The van der Waals surface area contributed by atoms with Crippen LogP contribution in [0.3, 0.4) is 0 Å². The zero-order valence-electron chi connectivity index (χ0n) is 27.0. The van der Waals surface area contributed by atoms with Crippen molar-refractivity contribution in [3.63, 3.8) is 0 Å². The number of hydrogen-bond acceptors (Lipinski definition) is 10. The van der Waals surface area contributed by atoms with Crippen molar-refractivity contribution in [1.82, 2.24) is 9.91 Å². The number of likely N-dealkylation sites (tertiary alicyclic amines) is 1. The highest BCUT2D eigenvalue weighted by Crippen LogP contribution is 2.65. The summed E-state index contributed by atoms with van der Waals surface area (Å²) in [5, 5.41) is 11.9. The molecule has 258 valence electrons. The number of phenols is 1. The number of imide groups is 4. The first kappa shape index (κ1) is 33.4. The molecule has 0 aromatic heterocycles. The van der Waals surface area contributed by atoms with Crippen molar-refractivity contribution in [2.45, 2.75) is 24.2 Å². The maximum atomic E-state index is 15.3. The summed E-state index contributed by atoms with van der Waals surface area (Å²) in [5.41, 5.74) is 3.13. The van der Waals surface area contributed by atoms with Crippen LogP contribution < -0.4 is 14.9 Å². The topological polar surface area (TPSA) is 152 Å². The second-order valence-electron chi connectivity index (χ2n) is 12.6. The van der Waals surface area contributed by atoms with Crippen LogP contribution in [0.5, 0.6) is 17.2 Å². The Hall–Kier alpha value is -5.07. The molecule has 3 fully saturated rings. The van der Waals surface area contributed by atoms with Crippen molar-refractivity contribution in [3.05, 3.63) is 93.5 Å². The molecule has 2 heterocycles. The molecule has 2 N–H and O–H groups in total. The average molecular weight is 721 g/mol. The second-order valence-corrected chi connectivity index (χ2v) is 13.5. The van der Waals surface area contributed by atoms with Gasteiger partial charge in [-0.2, -0.15) is 9.91 Å². The van der Waals surface area contributed by atoms with Crippen LogP contribution in [-0.4, -0.2) is 66.1 Å². The summed E-state index contributed by atoms with van der Waals surface area (Å²) >= 11 is 12.6. The van der Waals surface area contributed by atoms with Crippen LogP contribution in [0.25, 0.3) is 0 Å². The van der Waals surface area contributed by atoms with Crippen LogP contribution in [0.15, 0.2) is 72.3 Å². The van der Waals surface area contributed by atoms with Crippen molar-refractivity contribution in [1.29, 1.82) is 0 Å². The van der Waals surface area contributed by atoms with Gasteiger partial charge in [-0.05, 0) is 60.7 Å². The lowest BCUT2D eigenvalue weighted by Gasteiger charge is -2.50. The zero-order chi connectivity index (χ0) is 35.6. The van der Waals surface area contributed by atoms with E-state index in [1.165, 1.54) is 32.4 Å². The lowest BCUT2D eigenvalue weighted by atomic mass is 9.49. The summed E-state index contributed by atoms with van der Waals surface area (Å²) < 4.78 is 16.0. The highest BCUT2D eigenvalue weighted by molar-refractivity contribution is 6.36. The van der Waals surface area contributed by atoms with E-state index in [0.29, 0.717) is 32.4 Å². The minimum atomic E-state index is -1.64. The number of carbonyl (C=O) groups is 5. The number of fused-ring (bicyclic) bond motifs is 4. The fourth-order valence-corrected chi connectivity index (χ4v) is 8.85. The van der Waals surface area contributed by atoms with E-state index in [1.807, 2.05) is 6.08 Å². The van der Waals surface area contributed by atoms with E-state index in [0.717, 1.165) is 12.1 Å². The lowest BCUT2D eigenvalue weighted by Crippen LogP contribution is -2.53. The first-order chi connectivity index (χ1) is 24.0. The van der Waals surface area contributed by atoms with E-state index >= 15 is 4.79 Å². The Kier molecular flexibility index (Phi) is 8.26. The molecule has 0 bridgehead atoms. The Balaban J connectivity index is 1.48. The van der Waals surface area contributed by atoms with Gasteiger partial charge in [-0.3, -0.25) is 24.6 Å². The van der Waals surface area contributed by atoms with E-state index < -0.39 is 64.7 Å². The predicted molar refractivity (Wildman–Crippen MR) is 180 cm³/mol. The highest BCUT2D eigenvalue weighted by Gasteiger charge is 2.71. The molecular weight excluding hydrogens is 689 g/mol. The number of methoxy groups -OCH3 is 3. The molecule has 1 saturated carbocycles. The molecule has 4 aliphatic rings. The lowest BCUT2D eigenvalue weighted by molar-refractivity contribution is -0.140. The summed E-state index contributed by atoms with van der Waals surface area (Å²) in [6, 6.07) is 15.9. The number of carbonyl (C=O) groups excluding carboxylic acids is 5. The summed E-state index contributed by atoms with van der Waals surface area (Å²) in [7, 11) is 4.02. The monoisotopic (exact) mass is 719 g/mol. The van der Waals surface area contributed by atoms with Gasteiger partial charge < -0.3 is 19.3 Å². The second kappa shape index (κ2) is 12.4. The number of nitrogens with one attached hydrogen (secondary N) is 1. The van der Waals surface area contributed by atoms with E-state index in [2.05, 4.69) is 5.43 Å². The van der Waals surface area contributed by atoms with Crippen LogP contribution in [0.2, 0.25) is 10.0 Å². The number of ether oxygens (including phenoxy) is 3. The van der Waals surface area contributed by atoms with Gasteiger partial charge in [-0.25, -0.2) is 4.79 Å². The molecule has 0 radical (unpaired) electrons. The molecule has 2 saturated heterocycles. The van der Waals surface area contributed by atoms with Crippen LogP contribution in [0.1, 0.15) is 29.9 Å². The SMILES string of the molecule is COC(=O)N1C(=O)[C@H]2[C@H](CC=C3[C@H]2C[C@H]2C(=O)N(Nc4ccc(Cl)cc4Cl)C(=O)[C@@]2(c2ccc(OC)cc2)[C@H]3c2ccc(O)cc2OC)C1=O. The van der Waals surface area contributed by atoms with Crippen molar-refractivity contribution < 1.29 is 43.3 Å². The highest BCUT2D eigenvalue weighted by atomic mass is 35.5. The van der Waals surface area contributed by atoms with Gasteiger partial charge in [-0.15, -0.1) is 0 Å². The molecule has 2 aliphatic heterocycles. The number of rotatable bonds is 6.